The van der Waals surface area contributed by atoms with Crippen molar-refractivity contribution >= 4 is 10.4 Å². The van der Waals surface area contributed by atoms with Crippen LogP contribution in [0.3, 0.4) is 0 Å². The molecule has 2 N–H and O–H groups in total. The van der Waals surface area contributed by atoms with Gasteiger partial charge in [-0.25, -0.2) is 4.98 Å². The fourth-order valence-corrected chi connectivity index (χ4v) is 1.72. The molecule has 0 saturated heterocycles. The first-order valence-electron chi connectivity index (χ1n) is 6.49. The van der Waals surface area contributed by atoms with Crippen LogP contribution < -0.4 is 0 Å². The largest absolute Gasteiger partial charge is 0.394 e. The number of hydrogen-bond donors (Lipinski definition) is 2. The van der Waals surface area contributed by atoms with Gasteiger partial charge in [0.05, 0.1) is 0 Å². The smallest absolute Gasteiger partial charge is 0.335 e. The molecule has 2 heterocycles. The molecule has 0 aliphatic heterocycles. The number of aromatic nitrogens is 3. The summed E-state index contributed by atoms with van der Waals surface area (Å²) in [4.78, 5) is 8.52. The number of hydrogen-bond acceptors (Lipinski definition) is 4. The minimum atomic E-state index is -4.67. The lowest BCUT2D eigenvalue weighted by atomic mass is 10.2. The van der Waals surface area contributed by atoms with Gasteiger partial charge in [0.1, 0.15) is 5.82 Å². The summed E-state index contributed by atoms with van der Waals surface area (Å²) in [7, 11) is -4.67. The highest BCUT2D eigenvalue weighted by atomic mass is 32.3. The molecule has 0 saturated carbocycles. The molecule has 0 spiro atoms. The SMILES string of the molecule is CCCCn1ccnc1Cc1cccnc1.O=S(=O)(O)O. The van der Waals surface area contributed by atoms with E-state index in [0.717, 1.165) is 18.8 Å². The molecule has 7 nitrogen and oxygen atoms in total. The maximum Gasteiger partial charge on any atom is 0.394 e. The average Bonchev–Trinajstić information content (AvgIpc) is 2.83. The van der Waals surface area contributed by atoms with E-state index in [9.17, 15) is 0 Å². The Hall–Kier alpha value is -1.77. The zero-order valence-electron chi connectivity index (χ0n) is 11.8. The second kappa shape index (κ2) is 8.50. The third-order valence-electron chi connectivity index (χ3n) is 2.64. The Morgan fingerprint density at radius 1 is 1.29 bits per heavy atom. The van der Waals surface area contributed by atoms with Crippen molar-refractivity contribution in [2.75, 3.05) is 0 Å². The van der Waals surface area contributed by atoms with Crippen molar-refractivity contribution in [3.8, 4) is 0 Å². The molecule has 0 unspecified atom stereocenters. The van der Waals surface area contributed by atoms with E-state index >= 15 is 0 Å². The van der Waals surface area contributed by atoms with Crippen molar-refractivity contribution in [2.45, 2.75) is 32.7 Å². The fraction of sp³-hybridized carbons (Fsp3) is 0.385. The normalized spacial score (nSPS) is 10.8. The molecule has 2 rings (SSSR count). The minimum absolute atomic E-state index is 0.866. The second-order valence-corrected chi connectivity index (χ2v) is 5.27. The molecule has 0 amide bonds. The lowest BCUT2D eigenvalue weighted by molar-refractivity contribution is 0.381. The standard InChI is InChI=1S/C13H17N3.H2O4S/c1-2-3-8-16-9-7-15-13(16)10-12-5-4-6-14-11-12;1-5(2,3)4/h4-7,9,11H,2-3,8,10H2,1H3;(H2,1,2,3,4). The zero-order valence-corrected chi connectivity index (χ0v) is 12.6. The van der Waals surface area contributed by atoms with Crippen molar-refractivity contribution in [1.29, 1.82) is 0 Å². The number of imidazole rings is 1. The maximum atomic E-state index is 8.74. The van der Waals surface area contributed by atoms with E-state index in [1.165, 1.54) is 18.4 Å². The number of rotatable bonds is 5. The van der Waals surface area contributed by atoms with E-state index in [1.807, 2.05) is 18.5 Å². The minimum Gasteiger partial charge on any atom is -0.335 e. The molecule has 21 heavy (non-hydrogen) atoms. The molecular weight excluding hydrogens is 294 g/mol. The van der Waals surface area contributed by atoms with Crippen LogP contribution in [0.1, 0.15) is 31.2 Å². The Kier molecular flexibility index (Phi) is 7.00. The Morgan fingerprint density at radius 2 is 2.00 bits per heavy atom. The van der Waals surface area contributed by atoms with Gasteiger partial charge in [-0.2, -0.15) is 8.42 Å². The summed E-state index contributed by atoms with van der Waals surface area (Å²) in [6.07, 6.45) is 10.9. The summed E-state index contributed by atoms with van der Waals surface area (Å²) < 4.78 is 33.8. The van der Waals surface area contributed by atoms with Crippen LogP contribution in [0.5, 0.6) is 0 Å². The monoisotopic (exact) mass is 313 g/mol. The van der Waals surface area contributed by atoms with Gasteiger partial charge in [0.25, 0.3) is 0 Å². The molecule has 8 heteroatoms. The van der Waals surface area contributed by atoms with Crippen molar-refractivity contribution in [1.82, 2.24) is 14.5 Å². The van der Waals surface area contributed by atoms with Gasteiger partial charge >= 0.3 is 10.4 Å². The molecule has 2 aromatic heterocycles. The molecule has 0 atom stereocenters. The van der Waals surface area contributed by atoms with E-state index in [0.29, 0.717) is 0 Å². The zero-order chi connectivity index (χ0) is 15.7. The highest BCUT2D eigenvalue weighted by molar-refractivity contribution is 7.79. The van der Waals surface area contributed by atoms with Crippen LogP contribution in [0.15, 0.2) is 36.9 Å². The van der Waals surface area contributed by atoms with Gasteiger partial charge in [-0.15, -0.1) is 0 Å². The van der Waals surface area contributed by atoms with Crippen LogP contribution in [0.25, 0.3) is 0 Å². The molecule has 0 aromatic carbocycles. The van der Waals surface area contributed by atoms with Gasteiger partial charge in [-0.05, 0) is 18.1 Å². The van der Waals surface area contributed by atoms with Gasteiger partial charge in [0.2, 0.25) is 0 Å². The lowest BCUT2D eigenvalue weighted by Gasteiger charge is -2.06. The predicted octanol–water partition coefficient (Wildman–Crippen LogP) is 2.02. The van der Waals surface area contributed by atoms with Crippen molar-refractivity contribution in [3.05, 3.63) is 48.3 Å². The molecule has 0 fully saturated rings. The number of unbranched alkanes of at least 4 members (excludes halogenated alkanes) is 1. The first kappa shape index (κ1) is 17.3. The van der Waals surface area contributed by atoms with Crippen molar-refractivity contribution in [2.24, 2.45) is 0 Å². The molecule has 0 bridgehead atoms. The average molecular weight is 313 g/mol. The van der Waals surface area contributed by atoms with Gasteiger partial charge in [0.15, 0.2) is 0 Å². The van der Waals surface area contributed by atoms with Gasteiger partial charge in [-0.3, -0.25) is 14.1 Å². The summed E-state index contributed by atoms with van der Waals surface area (Å²) >= 11 is 0. The molecule has 0 aliphatic rings. The Bertz CT molecular complexity index is 618. The van der Waals surface area contributed by atoms with Gasteiger partial charge in [-0.1, -0.05) is 19.4 Å². The highest BCUT2D eigenvalue weighted by Gasteiger charge is 2.03. The first-order chi connectivity index (χ1) is 9.90. The van der Waals surface area contributed by atoms with Gasteiger partial charge in [0, 0.05) is 37.8 Å². The Labute approximate surface area is 124 Å². The van der Waals surface area contributed by atoms with Crippen LogP contribution >= 0.6 is 0 Å². The highest BCUT2D eigenvalue weighted by Crippen LogP contribution is 2.07. The summed E-state index contributed by atoms with van der Waals surface area (Å²) in [5.74, 6) is 1.13. The summed E-state index contributed by atoms with van der Waals surface area (Å²) in [5, 5.41) is 0. The van der Waals surface area contributed by atoms with E-state index < -0.39 is 10.4 Å². The summed E-state index contributed by atoms with van der Waals surface area (Å²) in [6, 6.07) is 4.06. The lowest BCUT2D eigenvalue weighted by Crippen LogP contribution is -2.04. The Balaban J connectivity index is 0.000000383. The molecule has 0 aliphatic carbocycles. The predicted molar refractivity (Wildman–Crippen MR) is 78.4 cm³/mol. The number of nitrogens with zero attached hydrogens (tertiary/aromatic N) is 3. The third kappa shape index (κ3) is 8.18. The first-order valence-corrected chi connectivity index (χ1v) is 7.88. The van der Waals surface area contributed by atoms with Crippen molar-refractivity contribution < 1.29 is 17.5 Å². The summed E-state index contributed by atoms with van der Waals surface area (Å²) in [5.41, 5.74) is 1.21. The topological polar surface area (TPSA) is 105 Å². The number of aryl methyl sites for hydroxylation is 1. The molecule has 116 valence electrons. The van der Waals surface area contributed by atoms with Crippen LogP contribution in [-0.4, -0.2) is 32.1 Å². The summed E-state index contributed by atoms with van der Waals surface area (Å²) in [6.45, 7) is 3.27. The van der Waals surface area contributed by atoms with Crippen LogP contribution in [-0.2, 0) is 23.4 Å². The van der Waals surface area contributed by atoms with Crippen LogP contribution in [0.4, 0.5) is 0 Å². The number of pyridine rings is 1. The quantitative estimate of drug-likeness (QED) is 0.818. The van der Waals surface area contributed by atoms with E-state index in [1.54, 1.807) is 6.20 Å². The Morgan fingerprint density at radius 3 is 2.57 bits per heavy atom. The van der Waals surface area contributed by atoms with Gasteiger partial charge < -0.3 is 4.57 Å². The maximum absolute atomic E-state index is 8.74. The third-order valence-corrected chi connectivity index (χ3v) is 2.64. The van der Waals surface area contributed by atoms with E-state index in [-0.39, 0.29) is 0 Å². The molecular formula is C13H19N3O4S. The van der Waals surface area contributed by atoms with Crippen LogP contribution in [0, 0.1) is 0 Å². The van der Waals surface area contributed by atoms with E-state index in [2.05, 4.69) is 33.7 Å². The molecule has 2 aromatic rings. The molecule has 0 radical (unpaired) electrons. The van der Waals surface area contributed by atoms with Crippen molar-refractivity contribution in [3.63, 3.8) is 0 Å². The second-order valence-electron chi connectivity index (χ2n) is 4.38. The van der Waals surface area contributed by atoms with E-state index in [4.69, 9.17) is 17.5 Å². The van der Waals surface area contributed by atoms with Crippen LogP contribution in [0.2, 0.25) is 0 Å². The fourth-order valence-electron chi connectivity index (χ4n) is 1.72.